The SMILES string of the molecule is Cc1ccc(C)c(N2C(=O)c3ccc(C(=O)N(Cc4cccs4)CC4CCCO4)cc3C2=O)c1. The second-order valence-electron chi connectivity index (χ2n) is 8.90. The molecule has 1 aromatic heterocycles. The highest BCUT2D eigenvalue weighted by molar-refractivity contribution is 7.09. The summed E-state index contributed by atoms with van der Waals surface area (Å²) in [6, 6.07) is 14.5. The summed E-state index contributed by atoms with van der Waals surface area (Å²) >= 11 is 1.60. The third-order valence-corrected chi connectivity index (χ3v) is 7.26. The van der Waals surface area contributed by atoms with E-state index in [1.54, 1.807) is 34.4 Å². The quantitative estimate of drug-likeness (QED) is 0.472. The van der Waals surface area contributed by atoms with E-state index >= 15 is 0 Å². The number of nitrogens with zero attached hydrogens (tertiary/aromatic N) is 2. The van der Waals surface area contributed by atoms with E-state index in [2.05, 4.69) is 0 Å². The van der Waals surface area contributed by atoms with Crippen LogP contribution in [0.25, 0.3) is 0 Å². The van der Waals surface area contributed by atoms with E-state index in [0.717, 1.165) is 35.5 Å². The standard InChI is InChI=1S/C27H26N2O4S/c1-17-7-8-18(2)24(13-17)29-26(31)22-10-9-19(14-23(22)27(29)32)25(30)28(15-20-5-3-11-33-20)16-21-6-4-12-34-21/h4,6-10,12-14,20H,3,5,11,15-16H2,1-2H3. The Balaban J connectivity index is 1.45. The highest BCUT2D eigenvalue weighted by atomic mass is 32.1. The van der Waals surface area contributed by atoms with Gasteiger partial charge in [-0.25, -0.2) is 4.90 Å². The largest absolute Gasteiger partial charge is 0.376 e. The van der Waals surface area contributed by atoms with Crippen molar-refractivity contribution in [3.63, 3.8) is 0 Å². The molecule has 0 bridgehead atoms. The maximum Gasteiger partial charge on any atom is 0.266 e. The molecule has 1 fully saturated rings. The number of anilines is 1. The first kappa shape index (κ1) is 22.5. The van der Waals surface area contributed by atoms with Crippen molar-refractivity contribution >= 4 is 34.7 Å². The Kier molecular flexibility index (Phi) is 6.06. The number of aryl methyl sites for hydroxylation is 2. The Labute approximate surface area is 202 Å². The lowest BCUT2D eigenvalue weighted by Gasteiger charge is -2.25. The van der Waals surface area contributed by atoms with Crippen LogP contribution >= 0.6 is 11.3 Å². The lowest BCUT2D eigenvalue weighted by atomic mass is 10.0. The third kappa shape index (κ3) is 4.17. The van der Waals surface area contributed by atoms with Crippen LogP contribution in [0.5, 0.6) is 0 Å². The molecular weight excluding hydrogens is 448 g/mol. The molecule has 0 radical (unpaired) electrons. The average Bonchev–Trinajstić information content (AvgIpc) is 3.58. The smallest absolute Gasteiger partial charge is 0.266 e. The van der Waals surface area contributed by atoms with Crippen LogP contribution < -0.4 is 4.90 Å². The summed E-state index contributed by atoms with van der Waals surface area (Å²) in [5, 5.41) is 1.99. The molecule has 3 heterocycles. The Hall–Kier alpha value is -3.29. The van der Waals surface area contributed by atoms with Gasteiger partial charge in [0, 0.05) is 23.6 Å². The zero-order valence-electron chi connectivity index (χ0n) is 19.2. The molecule has 1 unspecified atom stereocenters. The number of amides is 3. The van der Waals surface area contributed by atoms with E-state index in [-0.39, 0.29) is 23.5 Å². The van der Waals surface area contributed by atoms with Gasteiger partial charge in [-0.3, -0.25) is 14.4 Å². The van der Waals surface area contributed by atoms with Gasteiger partial charge in [0.05, 0.1) is 29.5 Å². The normalized spacial score (nSPS) is 17.4. The van der Waals surface area contributed by atoms with E-state index in [9.17, 15) is 14.4 Å². The van der Waals surface area contributed by atoms with Gasteiger partial charge in [0.1, 0.15) is 0 Å². The number of thiophene rings is 1. The first-order valence-corrected chi connectivity index (χ1v) is 12.3. The van der Waals surface area contributed by atoms with Gasteiger partial charge in [-0.15, -0.1) is 11.3 Å². The molecule has 2 aliphatic rings. The number of carbonyl (C=O) groups is 3. The van der Waals surface area contributed by atoms with Crippen LogP contribution in [0.2, 0.25) is 0 Å². The highest BCUT2D eigenvalue weighted by Crippen LogP contribution is 2.32. The minimum Gasteiger partial charge on any atom is -0.376 e. The van der Waals surface area contributed by atoms with Crippen molar-refractivity contribution in [1.29, 1.82) is 0 Å². The number of ether oxygens (including phenoxy) is 1. The van der Waals surface area contributed by atoms with Crippen molar-refractivity contribution in [2.75, 3.05) is 18.1 Å². The zero-order valence-corrected chi connectivity index (χ0v) is 20.1. The Morgan fingerprint density at radius 2 is 1.91 bits per heavy atom. The second kappa shape index (κ2) is 9.16. The van der Waals surface area contributed by atoms with Crippen molar-refractivity contribution in [2.45, 2.75) is 39.3 Å². The van der Waals surface area contributed by atoms with Gasteiger partial charge in [-0.2, -0.15) is 0 Å². The molecule has 0 aliphatic carbocycles. The molecule has 3 amide bonds. The van der Waals surface area contributed by atoms with E-state index in [1.807, 2.05) is 49.6 Å². The summed E-state index contributed by atoms with van der Waals surface area (Å²) < 4.78 is 5.78. The Morgan fingerprint density at radius 1 is 1.09 bits per heavy atom. The van der Waals surface area contributed by atoms with Gasteiger partial charge in [0.2, 0.25) is 0 Å². The monoisotopic (exact) mass is 474 g/mol. The van der Waals surface area contributed by atoms with Gasteiger partial charge < -0.3 is 9.64 Å². The second-order valence-corrected chi connectivity index (χ2v) is 9.93. The van der Waals surface area contributed by atoms with Crippen LogP contribution in [0, 0.1) is 13.8 Å². The van der Waals surface area contributed by atoms with Crippen molar-refractivity contribution < 1.29 is 19.1 Å². The summed E-state index contributed by atoms with van der Waals surface area (Å²) in [5.74, 6) is -0.924. The van der Waals surface area contributed by atoms with Gasteiger partial charge >= 0.3 is 0 Å². The van der Waals surface area contributed by atoms with Gasteiger partial charge in [-0.05, 0) is 73.5 Å². The summed E-state index contributed by atoms with van der Waals surface area (Å²) in [6.45, 7) is 5.49. The first-order valence-electron chi connectivity index (χ1n) is 11.5. The Morgan fingerprint density at radius 3 is 2.65 bits per heavy atom. The van der Waals surface area contributed by atoms with Crippen LogP contribution in [0.3, 0.4) is 0 Å². The van der Waals surface area contributed by atoms with Gasteiger partial charge in [0.15, 0.2) is 0 Å². The number of benzene rings is 2. The third-order valence-electron chi connectivity index (χ3n) is 6.40. The van der Waals surface area contributed by atoms with E-state index in [0.29, 0.717) is 29.9 Å². The number of hydrogen-bond acceptors (Lipinski definition) is 5. The fraction of sp³-hybridized carbons (Fsp3) is 0.296. The highest BCUT2D eigenvalue weighted by Gasteiger charge is 2.38. The van der Waals surface area contributed by atoms with Gasteiger partial charge in [0.25, 0.3) is 17.7 Å². The summed E-state index contributed by atoms with van der Waals surface area (Å²) in [6.07, 6.45) is 1.94. The fourth-order valence-electron chi connectivity index (χ4n) is 4.58. The zero-order chi connectivity index (χ0) is 23.8. The molecule has 3 aromatic rings. The molecule has 6 nitrogen and oxygen atoms in total. The predicted molar refractivity (Wildman–Crippen MR) is 132 cm³/mol. The number of carbonyl (C=O) groups excluding carboxylic acids is 3. The number of hydrogen-bond donors (Lipinski definition) is 0. The molecule has 0 spiro atoms. The van der Waals surface area contributed by atoms with Crippen molar-refractivity contribution in [2.24, 2.45) is 0 Å². The number of rotatable bonds is 6. The molecule has 174 valence electrons. The lowest BCUT2D eigenvalue weighted by molar-refractivity contribution is 0.0509. The Bertz CT molecular complexity index is 1260. The molecule has 0 N–H and O–H groups in total. The fourth-order valence-corrected chi connectivity index (χ4v) is 5.30. The van der Waals surface area contributed by atoms with Crippen LogP contribution in [0.4, 0.5) is 5.69 Å². The molecule has 0 saturated carbocycles. The maximum atomic E-state index is 13.6. The molecule has 5 rings (SSSR count). The molecule has 1 atom stereocenters. The molecule has 2 aromatic carbocycles. The number of fused-ring (bicyclic) bond motifs is 1. The first-order chi connectivity index (χ1) is 16.4. The maximum absolute atomic E-state index is 13.6. The van der Waals surface area contributed by atoms with Crippen molar-refractivity contribution in [3.8, 4) is 0 Å². The summed E-state index contributed by atoms with van der Waals surface area (Å²) in [5.41, 5.74) is 3.38. The van der Waals surface area contributed by atoms with Crippen LogP contribution in [-0.4, -0.2) is 41.9 Å². The molecular formula is C27H26N2O4S. The summed E-state index contributed by atoms with van der Waals surface area (Å²) in [4.78, 5) is 44.1. The van der Waals surface area contributed by atoms with Crippen LogP contribution in [0.1, 0.15) is 59.9 Å². The summed E-state index contributed by atoms with van der Waals surface area (Å²) in [7, 11) is 0. The molecule has 2 aliphatic heterocycles. The topological polar surface area (TPSA) is 66.9 Å². The lowest BCUT2D eigenvalue weighted by Crippen LogP contribution is -2.36. The van der Waals surface area contributed by atoms with E-state index in [4.69, 9.17) is 4.74 Å². The van der Waals surface area contributed by atoms with Crippen LogP contribution in [0.15, 0.2) is 53.9 Å². The molecule has 1 saturated heterocycles. The van der Waals surface area contributed by atoms with Crippen molar-refractivity contribution in [1.82, 2.24) is 4.90 Å². The molecule has 7 heteroatoms. The van der Waals surface area contributed by atoms with Crippen LogP contribution in [-0.2, 0) is 11.3 Å². The average molecular weight is 475 g/mol. The minimum atomic E-state index is -0.396. The molecule has 34 heavy (non-hydrogen) atoms. The van der Waals surface area contributed by atoms with Gasteiger partial charge in [-0.1, -0.05) is 18.2 Å². The van der Waals surface area contributed by atoms with E-state index in [1.165, 1.54) is 4.90 Å². The van der Waals surface area contributed by atoms with E-state index < -0.39 is 5.91 Å². The van der Waals surface area contributed by atoms with Crippen molar-refractivity contribution in [3.05, 3.63) is 86.6 Å². The number of imide groups is 1. The minimum absolute atomic E-state index is 0.0151. The predicted octanol–water partition coefficient (Wildman–Crippen LogP) is 4.99.